The molecule has 1 aliphatic heterocycles. The number of aliphatic hydroxyl groups is 1. The minimum absolute atomic E-state index is 0.00214. The van der Waals surface area contributed by atoms with E-state index in [2.05, 4.69) is 10.3 Å². The molecule has 0 bridgehead atoms. The lowest BCUT2D eigenvalue weighted by Gasteiger charge is -2.34. The van der Waals surface area contributed by atoms with Gasteiger partial charge < -0.3 is 39.3 Å². The van der Waals surface area contributed by atoms with Gasteiger partial charge in [0.25, 0.3) is 5.91 Å². The van der Waals surface area contributed by atoms with Crippen molar-refractivity contribution in [2.75, 3.05) is 65.9 Å². The highest BCUT2D eigenvalue weighted by molar-refractivity contribution is 6.31. The van der Waals surface area contributed by atoms with Crippen LogP contribution in [-0.2, 0) is 30.2 Å². The summed E-state index contributed by atoms with van der Waals surface area (Å²) >= 11 is 6.09. The van der Waals surface area contributed by atoms with E-state index in [1.54, 1.807) is 41.3 Å². The average molecular weight is 620 g/mol. The third-order valence-electron chi connectivity index (χ3n) is 7.10. The summed E-state index contributed by atoms with van der Waals surface area (Å²) < 4.78 is 35.5. The number of carbonyl (C=O) groups is 2. The number of benzene rings is 2. The van der Waals surface area contributed by atoms with Gasteiger partial charge in [0.05, 0.1) is 59.0 Å². The van der Waals surface area contributed by atoms with Crippen molar-refractivity contribution in [2.45, 2.75) is 31.4 Å². The molecule has 1 fully saturated rings. The van der Waals surface area contributed by atoms with Crippen LogP contribution in [0.5, 0.6) is 0 Å². The highest BCUT2D eigenvalue weighted by Crippen LogP contribution is 2.21. The Kier molecular flexibility index (Phi) is 13.2. The van der Waals surface area contributed by atoms with Gasteiger partial charge >= 0.3 is 0 Å². The van der Waals surface area contributed by atoms with Crippen LogP contribution in [0.2, 0.25) is 5.02 Å². The summed E-state index contributed by atoms with van der Waals surface area (Å²) in [4.78, 5) is 31.7. The van der Waals surface area contributed by atoms with Crippen molar-refractivity contribution in [3.63, 3.8) is 0 Å². The number of halogens is 2. The maximum absolute atomic E-state index is 13.6. The molecule has 0 spiro atoms. The lowest BCUT2D eigenvalue weighted by Crippen LogP contribution is -2.52. The van der Waals surface area contributed by atoms with Crippen molar-refractivity contribution < 1.29 is 38.0 Å². The first kappa shape index (κ1) is 32.8. The Balaban J connectivity index is 1.24. The van der Waals surface area contributed by atoms with E-state index in [4.69, 9.17) is 35.7 Å². The minimum Gasteiger partial charge on any atom is -0.394 e. The van der Waals surface area contributed by atoms with E-state index >= 15 is 0 Å². The van der Waals surface area contributed by atoms with Gasteiger partial charge in [0, 0.05) is 35.4 Å². The van der Waals surface area contributed by atoms with Gasteiger partial charge in [-0.2, -0.15) is 0 Å². The molecular weight excluding hydrogens is 581 g/mol. The molecule has 2 heterocycles. The molecule has 4 rings (SSSR count). The second kappa shape index (κ2) is 17.3. The number of aromatic amines is 1. The number of H-pyrrole nitrogens is 1. The lowest BCUT2D eigenvalue weighted by molar-refractivity contribution is -0.136. The lowest BCUT2D eigenvalue weighted by atomic mass is 10.0. The van der Waals surface area contributed by atoms with Gasteiger partial charge in [-0.25, -0.2) is 4.39 Å². The van der Waals surface area contributed by atoms with Crippen LogP contribution in [-0.4, -0.2) is 105 Å². The molecule has 0 aliphatic carbocycles. The van der Waals surface area contributed by atoms with E-state index in [-0.39, 0.29) is 30.9 Å². The Hall–Kier alpha value is -3.06. The summed E-state index contributed by atoms with van der Waals surface area (Å²) in [6.07, 6.45) is 1.58. The highest BCUT2D eigenvalue weighted by Gasteiger charge is 2.30. The van der Waals surface area contributed by atoms with Crippen molar-refractivity contribution in [2.24, 2.45) is 0 Å². The largest absolute Gasteiger partial charge is 0.394 e. The maximum atomic E-state index is 13.6. The summed E-state index contributed by atoms with van der Waals surface area (Å²) in [6, 6.07) is 12.1. The van der Waals surface area contributed by atoms with Gasteiger partial charge in [-0.15, -0.1) is 0 Å². The zero-order valence-electron chi connectivity index (χ0n) is 24.1. The Labute approximate surface area is 255 Å². The topological polar surface area (TPSA) is 122 Å². The first-order valence-corrected chi connectivity index (χ1v) is 14.9. The van der Waals surface area contributed by atoms with Gasteiger partial charge in [-0.3, -0.25) is 9.59 Å². The monoisotopic (exact) mass is 619 g/mol. The molecular formula is C31H39ClFN3O7. The maximum Gasteiger partial charge on any atom is 0.268 e. The van der Waals surface area contributed by atoms with Crippen LogP contribution in [0.3, 0.4) is 0 Å². The Morgan fingerprint density at radius 1 is 0.953 bits per heavy atom. The van der Waals surface area contributed by atoms with Crippen molar-refractivity contribution in [3.8, 4) is 0 Å². The normalized spacial score (nSPS) is 14.7. The molecule has 1 saturated heterocycles. The molecule has 1 aromatic heterocycles. The number of likely N-dealkylation sites (tertiary alicyclic amines) is 1. The van der Waals surface area contributed by atoms with Crippen LogP contribution in [0.15, 0.2) is 48.5 Å². The third kappa shape index (κ3) is 10.6. The summed E-state index contributed by atoms with van der Waals surface area (Å²) in [5, 5.41) is 12.9. The molecule has 1 aliphatic rings. The molecule has 0 saturated carbocycles. The number of hydrogen-bond acceptors (Lipinski definition) is 7. The van der Waals surface area contributed by atoms with Crippen LogP contribution in [0.25, 0.3) is 10.9 Å². The summed E-state index contributed by atoms with van der Waals surface area (Å²) in [6.45, 7) is 3.96. The zero-order valence-corrected chi connectivity index (χ0v) is 24.8. The number of aromatic nitrogens is 1. The van der Waals surface area contributed by atoms with E-state index in [1.165, 1.54) is 12.1 Å². The number of amides is 2. The Bertz CT molecular complexity index is 1300. The van der Waals surface area contributed by atoms with Crippen LogP contribution in [0.1, 0.15) is 28.9 Å². The van der Waals surface area contributed by atoms with Gasteiger partial charge in [0.1, 0.15) is 17.6 Å². The van der Waals surface area contributed by atoms with Crippen LogP contribution < -0.4 is 5.32 Å². The molecule has 234 valence electrons. The highest BCUT2D eigenvalue weighted by atomic mass is 35.5. The van der Waals surface area contributed by atoms with Gasteiger partial charge in [-0.1, -0.05) is 23.7 Å². The molecule has 0 radical (unpaired) electrons. The summed E-state index contributed by atoms with van der Waals surface area (Å²) in [5.74, 6) is -0.972. The van der Waals surface area contributed by atoms with E-state index in [0.29, 0.717) is 82.9 Å². The molecule has 3 aromatic rings. The predicted molar refractivity (Wildman–Crippen MR) is 160 cm³/mol. The predicted octanol–water partition coefficient (Wildman–Crippen LogP) is 3.35. The number of hydrogen-bond donors (Lipinski definition) is 3. The third-order valence-corrected chi connectivity index (χ3v) is 7.33. The number of nitrogens with zero attached hydrogens (tertiary/aromatic N) is 1. The molecule has 1 atom stereocenters. The minimum atomic E-state index is -0.831. The Morgan fingerprint density at radius 2 is 1.60 bits per heavy atom. The van der Waals surface area contributed by atoms with Crippen molar-refractivity contribution in [3.05, 3.63) is 70.6 Å². The molecule has 2 aromatic carbocycles. The van der Waals surface area contributed by atoms with E-state index in [9.17, 15) is 14.0 Å². The molecule has 43 heavy (non-hydrogen) atoms. The molecule has 2 amide bonds. The summed E-state index contributed by atoms with van der Waals surface area (Å²) in [7, 11) is 0. The molecule has 12 heteroatoms. The number of piperidine rings is 1. The average Bonchev–Trinajstić information content (AvgIpc) is 3.44. The van der Waals surface area contributed by atoms with Crippen LogP contribution in [0, 0.1) is 5.82 Å². The van der Waals surface area contributed by atoms with Crippen molar-refractivity contribution >= 4 is 34.3 Å². The number of rotatable bonds is 17. The first-order chi connectivity index (χ1) is 20.9. The fraction of sp³-hybridized carbons (Fsp3) is 0.484. The quantitative estimate of drug-likeness (QED) is 0.198. The van der Waals surface area contributed by atoms with Gasteiger partial charge in [-0.05, 0) is 54.8 Å². The number of carbonyl (C=O) groups excluding carboxylic acids is 2. The SMILES string of the molecule is O=C(N[C@@H](Cc1ccc(F)cc1)C(=O)N1CCC(OCCOCCOCCOCCO)CC1)c1cc2cc(Cl)ccc2[nH]1. The van der Waals surface area contributed by atoms with E-state index in [0.717, 1.165) is 16.5 Å². The number of aliphatic hydroxyl groups excluding tert-OH is 1. The molecule has 0 unspecified atom stereocenters. The smallest absolute Gasteiger partial charge is 0.268 e. The van der Waals surface area contributed by atoms with Crippen LogP contribution >= 0.6 is 11.6 Å². The van der Waals surface area contributed by atoms with E-state index < -0.39 is 11.9 Å². The van der Waals surface area contributed by atoms with E-state index in [1.807, 2.05) is 0 Å². The fourth-order valence-electron chi connectivity index (χ4n) is 4.86. The van der Waals surface area contributed by atoms with Crippen molar-refractivity contribution in [1.29, 1.82) is 0 Å². The second-order valence-electron chi connectivity index (χ2n) is 10.2. The molecule has 3 N–H and O–H groups in total. The van der Waals surface area contributed by atoms with Gasteiger partial charge in [0.2, 0.25) is 5.91 Å². The van der Waals surface area contributed by atoms with Gasteiger partial charge in [0.15, 0.2) is 0 Å². The zero-order chi connectivity index (χ0) is 30.4. The number of ether oxygens (including phenoxy) is 4. The second-order valence-corrected chi connectivity index (χ2v) is 10.7. The summed E-state index contributed by atoms with van der Waals surface area (Å²) in [5.41, 5.74) is 1.82. The molecule has 10 nitrogen and oxygen atoms in total. The Morgan fingerprint density at radius 3 is 2.28 bits per heavy atom. The first-order valence-electron chi connectivity index (χ1n) is 14.5. The standard InChI is InChI=1S/C31H39ClFN3O7/c32-24-3-6-27-23(20-24)21-28(34-27)30(38)35-29(19-22-1-4-25(33)5-2-22)31(39)36-9-7-26(8-10-36)43-18-17-42-16-15-41-14-13-40-12-11-37/h1-6,20-21,26,29,34,37H,7-19H2,(H,35,38)/t29-/m0/s1. The van der Waals surface area contributed by atoms with Crippen LogP contribution in [0.4, 0.5) is 4.39 Å². The number of nitrogens with one attached hydrogen (secondary N) is 2. The number of fused-ring (bicyclic) bond motifs is 1. The van der Waals surface area contributed by atoms with Crippen molar-refractivity contribution in [1.82, 2.24) is 15.2 Å². The fourth-order valence-corrected chi connectivity index (χ4v) is 5.04.